The molecule has 0 spiro atoms. The van der Waals surface area contributed by atoms with Crippen LogP contribution in [0.25, 0.3) is 0 Å². The molecule has 0 bridgehead atoms. The predicted octanol–water partition coefficient (Wildman–Crippen LogP) is 3.38. The number of amides is 3. The van der Waals surface area contributed by atoms with E-state index in [1.165, 1.54) is 6.26 Å². The van der Waals surface area contributed by atoms with Gasteiger partial charge in [-0.25, -0.2) is 4.79 Å². The number of rotatable bonds is 9. The largest absolute Gasteiger partial charge is 0.496 e. The number of nitrogens with one attached hydrogen (secondary N) is 2. The number of imide groups is 1. The molecule has 152 valence electrons. The average Bonchev–Trinajstić information content (AvgIpc) is 3.40. The first-order valence-electron chi connectivity index (χ1n) is 9.10. The summed E-state index contributed by atoms with van der Waals surface area (Å²) in [6, 6.07) is 14.6. The van der Waals surface area contributed by atoms with Gasteiger partial charge in [-0.2, -0.15) is 0 Å². The molecule has 7 nitrogen and oxygen atoms in total. The molecule has 0 aliphatic heterocycles. The number of thiophene rings is 1. The highest BCUT2D eigenvalue weighted by atomic mass is 32.1. The molecule has 0 fully saturated rings. The average molecular weight is 413 g/mol. The lowest BCUT2D eigenvalue weighted by atomic mass is 10.2. The second-order valence-corrected chi connectivity index (χ2v) is 7.38. The third kappa shape index (κ3) is 6.48. The summed E-state index contributed by atoms with van der Waals surface area (Å²) in [6.45, 7) is 1.40. The van der Waals surface area contributed by atoms with Crippen LogP contribution in [-0.4, -0.2) is 30.5 Å². The predicted molar refractivity (Wildman–Crippen MR) is 111 cm³/mol. The van der Waals surface area contributed by atoms with Gasteiger partial charge >= 0.3 is 6.03 Å². The number of ether oxygens (including phenoxy) is 1. The van der Waals surface area contributed by atoms with Crippen LogP contribution in [0.15, 0.2) is 64.6 Å². The summed E-state index contributed by atoms with van der Waals surface area (Å²) in [6.07, 6.45) is 1.53. The molecule has 0 saturated carbocycles. The second kappa shape index (κ2) is 10.4. The Morgan fingerprint density at radius 1 is 1.10 bits per heavy atom. The zero-order valence-corrected chi connectivity index (χ0v) is 16.9. The van der Waals surface area contributed by atoms with E-state index in [0.717, 1.165) is 16.2 Å². The molecular formula is C21H23N3O4S. The van der Waals surface area contributed by atoms with Gasteiger partial charge in [-0.3, -0.25) is 15.0 Å². The molecule has 29 heavy (non-hydrogen) atoms. The van der Waals surface area contributed by atoms with Crippen LogP contribution in [0.5, 0.6) is 5.75 Å². The number of carbonyl (C=O) groups is 2. The normalized spacial score (nSPS) is 10.7. The van der Waals surface area contributed by atoms with Gasteiger partial charge in [0.25, 0.3) is 0 Å². The van der Waals surface area contributed by atoms with E-state index in [1.807, 2.05) is 46.7 Å². The molecule has 0 saturated heterocycles. The Bertz CT molecular complexity index is 910. The molecule has 1 aromatic carbocycles. The highest BCUT2D eigenvalue weighted by Gasteiger charge is 2.16. The van der Waals surface area contributed by atoms with Crippen LogP contribution in [0.4, 0.5) is 4.79 Å². The number of methoxy groups -OCH3 is 1. The van der Waals surface area contributed by atoms with Gasteiger partial charge in [0, 0.05) is 23.5 Å². The molecule has 3 rings (SSSR count). The van der Waals surface area contributed by atoms with Crippen molar-refractivity contribution in [3.05, 3.63) is 76.4 Å². The van der Waals surface area contributed by atoms with E-state index in [4.69, 9.17) is 9.15 Å². The molecular weight excluding hydrogens is 390 g/mol. The monoisotopic (exact) mass is 413 g/mol. The molecule has 2 aromatic heterocycles. The van der Waals surface area contributed by atoms with Gasteiger partial charge in [-0.1, -0.05) is 24.3 Å². The number of hydrogen-bond acceptors (Lipinski definition) is 6. The van der Waals surface area contributed by atoms with Crippen LogP contribution < -0.4 is 15.4 Å². The molecule has 3 aromatic rings. The Morgan fingerprint density at radius 3 is 2.69 bits per heavy atom. The number of carbonyl (C=O) groups excluding carboxylic acids is 2. The zero-order valence-electron chi connectivity index (χ0n) is 16.1. The van der Waals surface area contributed by atoms with Crippen molar-refractivity contribution in [2.24, 2.45) is 0 Å². The number of nitrogens with zero attached hydrogens (tertiary/aromatic N) is 1. The molecule has 3 amide bonds. The van der Waals surface area contributed by atoms with Gasteiger partial charge in [0.05, 0.1) is 26.5 Å². The maximum atomic E-state index is 12.4. The quantitative estimate of drug-likeness (QED) is 0.562. The summed E-state index contributed by atoms with van der Waals surface area (Å²) >= 11 is 1.63. The molecule has 0 radical (unpaired) electrons. The number of urea groups is 1. The molecule has 0 aliphatic carbocycles. The lowest BCUT2D eigenvalue weighted by molar-refractivity contribution is -0.121. The van der Waals surface area contributed by atoms with Crippen molar-refractivity contribution >= 4 is 23.3 Å². The molecule has 0 atom stereocenters. The highest BCUT2D eigenvalue weighted by molar-refractivity contribution is 7.09. The van der Waals surface area contributed by atoms with E-state index in [9.17, 15) is 9.59 Å². The summed E-state index contributed by atoms with van der Waals surface area (Å²) in [5, 5.41) is 6.97. The summed E-state index contributed by atoms with van der Waals surface area (Å²) in [7, 11) is 1.62. The van der Waals surface area contributed by atoms with Crippen molar-refractivity contribution in [2.75, 3.05) is 13.7 Å². The van der Waals surface area contributed by atoms with Crippen LogP contribution in [0, 0.1) is 0 Å². The minimum absolute atomic E-state index is 0.0735. The number of benzene rings is 1. The van der Waals surface area contributed by atoms with E-state index in [-0.39, 0.29) is 19.0 Å². The van der Waals surface area contributed by atoms with Crippen molar-refractivity contribution in [1.82, 2.24) is 15.5 Å². The van der Waals surface area contributed by atoms with E-state index < -0.39 is 6.03 Å². The van der Waals surface area contributed by atoms with Crippen LogP contribution >= 0.6 is 11.3 Å². The third-order valence-electron chi connectivity index (χ3n) is 4.17. The van der Waals surface area contributed by atoms with Gasteiger partial charge in [-0.05, 0) is 29.6 Å². The standard InChI is InChI=1S/C21H23N3O4S/c1-27-19-9-3-2-6-16(19)13-24(14-18-8-5-11-29-18)15-20(25)23-21(26)22-12-17-7-4-10-28-17/h2-11H,12-15H2,1H3,(H2,22,23,25,26). The molecule has 0 unspecified atom stereocenters. The van der Waals surface area contributed by atoms with Gasteiger partial charge in [0.2, 0.25) is 5.91 Å². The van der Waals surface area contributed by atoms with Crippen LogP contribution in [0.1, 0.15) is 16.2 Å². The van der Waals surface area contributed by atoms with Crippen molar-refractivity contribution in [3.8, 4) is 5.75 Å². The Hall–Kier alpha value is -3.10. The number of para-hydroxylation sites is 1. The van der Waals surface area contributed by atoms with Crippen molar-refractivity contribution in [3.63, 3.8) is 0 Å². The van der Waals surface area contributed by atoms with Gasteiger partial charge in [0.15, 0.2) is 0 Å². The van der Waals surface area contributed by atoms with Gasteiger partial charge < -0.3 is 14.5 Å². The minimum atomic E-state index is -0.556. The van der Waals surface area contributed by atoms with Gasteiger partial charge in [0.1, 0.15) is 11.5 Å². The summed E-state index contributed by atoms with van der Waals surface area (Å²) < 4.78 is 10.6. The van der Waals surface area contributed by atoms with Crippen LogP contribution in [0.2, 0.25) is 0 Å². The Balaban J connectivity index is 1.59. The summed E-state index contributed by atoms with van der Waals surface area (Å²) in [5.74, 6) is 0.997. The first-order valence-corrected chi connectivity index (χ1v) is 9.98. The summed E-state index contributed by atoms with van der Waals surface area (Å²) in [4.78, 5) is 27.5. The molecule has 2 N–H and O–H groups in total. The minimum Gasteiger partial charge on any atom is -0.496 e. The second-order valence-electron chi connectivity index (χ2n) is 6.35. The summed E-state index contributed by atoms with van der Waals surface area (Å²) in [5.41, 5.74) is 0.974. The molecule has 8 heteroatoms. The Morgan fingerprint density at radius 2 is 1.97 bits per heavy atom. The van der Waals surface area contributed by atoms with E-state index >= 15 is 0 Å². The van der Waals surface area contributed by atoms with Gasteiger partial charge in [-0.15, -0.1) is 11.3 Å². The van der Waals surface area contributed by atoms with Crippen molar-refractivity contribution < 1.29 is 18.7 Å². The van der Waals surface area contributed by atoms with E-state index in [2.05, 4.69) is 10.6 Å². The highest BCUT2D eigenvalue weighted by Crippen LogP contribution is 2.21. The number of hydrogen-bond donors (Lipinski definition) is 2. The van der Waals surface area contributed by atoms with Crippen LogP contribution in [-0.2, 0) is 24.4 Å². The Kier molecular flexibility index (Phi) is 7.43. The molecule has 0 aliphatic rings. The van der Waals surface area contributed by atoms with Crippen LogP contribution in [0.3, 0.4) is 0 Å². The number of furan rings is 1. The maximum absolute atomic E-state index is 12.4. The third-order valence-corrected chi connectivity index (χ3v) is 5.03. The first-order chi connectivity index (χ1) is 14.1. The Labute approximate surface area is 173 Å². The smallest absolute Gasteiger partial charge is 0.321 e. The van der Waals surface area contributed by atoms with E-state index in [0.29, 0.717) is 18.8 Å². The molecule has 2 heterocycles. The lowest BCUT2D eigenvalue weighted by Crippen LogP contribution is -2.44. The van der Waals surface area contributed by atoms with Crippen molar-refractivity contribution in [1.29, 1.82) is 0 Å². The first kappa shape index (κ1) is 20.6. The fraction of sp³-hybridized carbons (Fsp3) is 0.238. The topological polar surface area (TPSA) is 83.8 Å². The van der Waals surface area contributed by atoms with E-state index in [1.54, 1.807) is 30.6 Å². The van der Waals surface area contributed by atoms with Crippen molar-refractivity contribution in [2.45, 2.75) is 19.6 Å². The zero-order chi connectivity index (χ0) is 20.5. The fourth-order valence-corrected chi connectivity index (χ4v) is 3.61. The lowest BCUT2D eigenvalue weighted by Gasteiger charge is -2.22. The fourth-order valence-electron chi connectivity index (χ4n) is 2.86. The SMILES string of the molecule is COc1ccccc1CN(CC(=O)NC(=O)NCc1ccco1)Cc1cccs1. The maximum Gasteiger partial charge on any atom is 0.321 e.